The third kappa shape index (κ3) is 4.65. The predicted molar refractivity (Wildman–Crippen MR) is 152 cm³/mol. The molecule has 0 aliphatic carbocycles. The molecule has 194 valence electrons. The van der Waals surface area contributed by atoms with E-state index >= 15 is 0 Å². The van der Waals surface area contributed by atoms with Crippen LogP contribution in [-0.2, 0) is 0 Å². The van der Waals surface area contributed by atoms with Gasteiger partial charge in [0, 0.05) is 56.8 Å². The molecule has 0 atom stereocenters. The molecular formula is C30H30N4O4. The van der Waals surface area contributed by atoms with E-state index in [0.29, 0.717) is 67.8 Å². The molecule has 38 heavy (non-hydrogen) atoms. The van der Waals surface area contributed by atoms with Crippen molar-refractivity contribution in [1.29, 1.82) is 0 Å². The van der Waals surface area contributed by atoms with Gasteiger partial charge in [-0.05, 0) is 61.4 Å². The van der Waals surface area contributed by atoms with Crippen LogP contribution in [0, 0.1) is 0 Å². The maximum Gasteiger partial charge on any atom is 0.251 e. The SMILES string of the molecule is CCCCNC(=O)c1ccc2[nH]c3cc4c(=O)c5cc(C(=O)NCCCC)ccc5[nH]c4cc3c(=O)c2c1. The minimum atomic E-state index is -0.223. The molecule has 0 unspecified atom stereocenters. The Morgan fingerprint density at radius 1 is 0.605 bits per heavy atom. The zero-order valence-corrected chi connectivity index (χ0v) is 21.5. The fourth-order valence-electron chi connectivity index (χ4n) is 4.69. The Morgan fingerprint density at radius 3 is 1.39 bits per heavy atom. The van der Waals surface area contributed by atoms with Gasteiger partial charge in [0.05, 0.1) is 11.0 Å². The Labute approximate surface area is 218 Å². The fraction of sp³-hybridized carbons (Fsp3) is 0.267. The van der Waals surface area contributed by atoms with Gasteiger partial charge in [0.25, 0.3) is 11.8 Å². The average Bonchev–Trinajstić information content (AvgIpc) is 2.92. The first kappa shape index (κ1) is 25.2. The molecule has 0 aliphatic rings. The van der Waals surface area contributed by atoms with Gasteiger partial charge in [0.1, 0.15) is 0 Å². The number of hydrogen-bond acceptors (Lipinski definition) is 4. The van der Waals surface area contributed by atoms with Gasteiger partial charge in [-0.15, -0.1) is 0 Å². The van der Waals surface area contributed by atoms with Crippen LogP contribution >= 0.6 is 0 Å². The van der Waals surface area contributed by atoms with Crippen molar-refractivity contribution in [2.45, 2.75) is 39.5 Å². The normalized spacial score (nSPS) is 11.4. The third-order valence-corrected chi connectivity index (χ3v) is 6.87. The van der Waals surface area contributed by atoms with Gasteiger partial charge >= 0.3 is 0 Å². The van der Waals surface area contributed by atoms with Gasteiger partial charge < -0.3 is 20.6 Å². The van der Waals surface area contributed by atoms with Gasteiger partial charge in [-0.25, -0.2) is 0 Å². The number of unbranched alkanes of at least 4 members (excludes halogenated alkanes) is 2. The van der Waals surface area contributed by atoms with Crippen molar-refractivity contribution >= 4 is 55.4 Å². The predicted octanol–water partition coefficient (Wildman–Crippen LogP) is 4.74. The van der Waals surface area contributed by atoms with Crippen LogP contribution in [0.4, 0.5) is 0 Å². The van der Waals surface area contributed by atoms with Crippen LogP contribution in [0.5, 0.6) is 0 Å². The zero-order valence-electron chi connectivity index (χ0n) is 21.5. The number of nitrogens with one attached hydrogen (secondary N) is 4. The lowest BCUT2D eigenvalue weighted by atomic mass is 10.0. The van der Waals surface area contributed by atoms with E-state index in [1.54, 1.807) is 48.5 Å². The Kier molecular flexibility index (Phi) is 6.96. The minimum Gasteiger partial charge on any atom is -0.354 e. The highest BCUT2D eigenvalue weighted by Crippen LogP contribution is 2.22. The van der Waals surface area contributed by atoms with E-state index in [1.807, 2.05) is 0 Å². The lowest BCUT2D eigenvalue weighted by Gasteiger charge is -2.09. The minimum absolute atomic E-state index is 0.215. The topological polar surface area (TPSA) is 124 Å². The number of carbonyl (C=O) groups is 2. The zero-order chi connectivity index (χ0) is 26.8. The molecule has 0 radical (unpaired) electrons. The quantitative estimate of drug-likeness (QED) is 0.178. The molecule has 4 N–H and O–H groups in total. The Morgan fingerprint density at radius 2 is 1.00 bits per heavy atom. The van der Waals surface area contributed by atoms with Crippen LogP contribution in [0.15, 0.2) is 58.1 Å². The van der Waals surface area contributed by atoms with Crippen molar-refractivity contribution in [1.82, 2.24) is 20.6 Å². The van der Waals surface area contributed by atoms with Crippen LogP contribution < -0.4 is 21.5 Å². The number of pyridine rings is 2. The molecule has 2 amide bonds. The highest BCUT2D eigenvalue weighted by Gasteiger charge is 2.14. The summed E-state index contributed by atoms with van der Waals surface area (Å²) in [5, 5.41) is 7.39. The van der Waals surface area contributed by atoms with E-state index in [2.05, 4.69) is 34.4 Å². The number of H-pyrrole nitrogens is 2. The van der Waals surface area contributed by atoms with Crippen molar-refractivity contribution < 1.29 is 9.59 Å². The van der Waals surface area contributed by atoms with E-state index in [9.17, 15) is 19.2 Å². The van der Waals surface area contributed by atoms with E-state index in [4.69, 9.17) is 0 Å². The van der Waals surface area contributed by atoms with E-state index < -0.39 is 0 Å². The second kappa shape index (κ2) is 10.5. The Hall–Kier alpha value is -4.46. The Bertz CT molecular complexity index is 1700. The maximum atomic E-state index is 13.5. The lowest BCUT2D eigenvalue weighted by Crippen LogP contribution is -2.24. The molecular weight excluding hydrogens is 480 g/mol. The van der Waals surface area contributed by atoms with Crippen LogP contribution in [-0.4, -0.2) is 34.9 Å². The Balaban J connectivity index is 1.60. The molecule has 3 aromatic carbocycles. The number of fused-ring (bicyclic) bond motifs is 4. The smallest absolute Gasteiger partial charge is 0.251 e. The summed E-state index contributed by atoms with van der Waals surface area (Å²) in [6.45, 7) is 5.27. The van der Waals surface area contributed by atoms with Crippen LogP contribution in [0.3, 0.4) is 0 Å². The number of rotatable bonds is 8. The number of carbonyl (C=O) groups excluding carboxylic acids is 2. The van der Waals surface area contributed by atoms with Crippen molar-refractivity contribution in [3.8, 4) is 0 Å². The van der Waals surface area contributed by atoms with Crippen molar-refractivity contribution in [3.05, 3.63) is 80.1 Å². The van der Waals surface area contributed by atoms with Gasteiger partial charge in [-0.2, -0.15) is 0 Å². The van der Waals surface area contributed by atoms with Crippen molar-refractivity contribution in [2.75, 3.05) is 13.1 Å². The molecule has 5 aromatic rings. The summed E-state index contributed by atoms with van der Waals surface area (Å²) >= 11 is 0. The number of benzene rings is 3. The average molecular weight is 511 g/mol. The highest BCUT2D eigenvalue weighted by molar-refractivity contribution is 6.05. The lowest BCUT2D eigenvalue weighted by molar-refractivity contribution is 0.0945. The van der Waals surface area contributed by atoms with Crippen molar-refractivity contribution in [2.24, 2.45) is 0 Å². The molecule has 8 heteroatoms. The summed E-state index contributed by atoms with van der Waals surface area (Å²) < 4.78 is 0. The fourth-order valence-corrected chi connectivity index (χ4v) is 4.69. The van der Waals surface area contributed by atoms with Crippen molar-refractivity contribution in [3.63, 3.8) is 0 Å². The maximum absolute atomic E-state index is 13.5. The van der Waals surface area contributed by atoms with E-state index in [1.165, 1.54) is 0 Å². The van der Waals surface area contributed by atoms with Crippen LogP contribution in [0.1, 0.15) is 60.2 Å². The first-order chi connectivity index (χ1) is 18.4. The standard InChI is InChI=1S/C30H30N4O4/c1-3-5-11-31-29(37)17-7-9-23-19(13-17)27(35)21-15-26-22(16-25(21)33-23)28(36)20-14-18(8-10-24(20)34-26)30(38)32-12-6-4-2/h7-10,13-16H,3-6,11-12H2,1-2H3,(H,31,37)(H,32,38)(H,33,35)(H,34,36). The molecule has 8 nitrogen and oxygen atoms in total. The second-order valence-corrected chi connectivity index (χ2v) is 9.59. The number of aromatic amines is 2. The van der Waals surface area contributed by atoms with Gasteiger partial charge in [0.15, 0.2) is 10.9 Å². The summed E-state index contributed by atoms with van der Waals surface area (Å²) in [7, 11) is 0. The summed E-state index contributed by atoms with van der Waals surface area (Å²) in [5.41, 5.74) is 2.60. The van der Waals surface area contributed by atoms with E-state index in [-0.39, 0.29) is 22.7 Å². The second-order valence-electron chi connectivity index (χ2n) is 9.59. The van der Waals surface area contributed by atoms with Crippen LogP contribution in [0.2, 0.25) is 0 Å². The summed E-state index contributed by atoms with van der Waals surface area (Å²) in [6, 6.07) is 13.3. The van der Waals surface area contributed by atoms with Gasteiger partial charge in [-0.3, -0.25) is 19.2 Å². The first-order valence-corrected chi connectivity index (χ1v) is 13.1. The van der Waals surface area contributed by atoms with Gasteiger partial charge in [0.2, 0.25) is 0 Å². The third-order valence-electron chi connectivity index (χ3n) is 6.87. The molecule has 0 saturated heterocycles. The monoisotopic (exact) mass is 510 g/mol. The summed E-state index contributed by atoms with van der Waals surface area (Å²) in [6.07, 6.45) is 3.73. The number of hydrogen-bond donors (Lipinski definition) is 4. The number of aromatic nitrogens is 2. The highest BCUT2D eigenvalue weighted by atomic mass is 16.2. The van der Waals surface area contributed by atoms with E-state index in [0.717, 1.165) is 25.7 Å². The number of amides is 2. The molecule has 5 rings (SSSR count). The molecule has 0 fully saturated rings. The van der Waals surface area contributed by atoms with Crippen LogP contribution in [0.25, 0.3) is 43.6 Å². The summed E-state index contributed by atoms with van der Waals surface area (Å²) in [5.74, 6) is -0.430. The molecule has 0 saturated carbocycles. The molecule has 2 heterocycles. The molecule has 0 aliphatic heterocycles. The summed E-state index contributed by atoms with van der Waals surface area (Å²) in [4.78, 5) is 58.4. The largest absolute Gasteiger partial charge is 0.354 e. The molecule has 0 bridgehead atoms. The molecule has 0 spiro atoms. The first-order valence-electron chi connectivity index (χ1n) is 13.1. The molecule has 2 aromatic heterocycles. The van der Waals surface area contributed by atoms with Gasteiger partial charge in [-0.1, -0.05) is 26.7 Å².